The molecule has 0 unspecified atom stereocenters. The van der Waals surface area contributed by atoms with Crippen LogP contribution in [0.25, 0.3) is 0 Å². The molecule has 0 aliphatic heterocycles. The van der Waals surface area contributed by atoms with Gasteiger partial charge in [-0.3, -0.25) is 0 Å². The van der Waals surface area contributed by atoms with Crippen LogP contribution in [0.5, 0.6) is 0 Å². The summed E-state index contributed by atoms with van der Waals surface area (Å²) in [5.74, 6) is 0. The van der Waals surface area contributed by atoms with E-state index < -0.39 is 0 Å². The summed E-state index contributed by atoms with van der Waals surface area (Å²) in [7, 11) is 0. The summed E-state index contributed by atoms with van der Waals surface area (Å²) in [6.07, 6.45) is 3.88. The summed E-state index contributed by atoms with van der Waals surface area (Å²) in [5, 5.41) is 0. The molecule has 0 radical (unpaired) electrons. The van der Waals surface area contributed by atoms with Crippen molar-refractivity contribution in [3.05, 3.63) is 32.9 Å². The van der Waals surface area contributed by atoms with E-state index >= 15 is 0 Å². The van der Waals surface area contributed by atoms with E-state index in [9.17, 15) is 0 Å². The average Bonchev–Trinajstić information content (AvgIpc) is 2.43. The van der Waals surface area contributed by atoms with Crippen molar-refractivity contribution in [3.8, 4) is 0 Å². The molecule has 0 fully saturated rings. The van der Waals surface area contributed by atoms with Crippen LogP contribution in [0.1, 0.15) is 29.3 Å². The number of allylic oxidation sites excluding steroid dienone is 1. The summed E-state index contributed by atoms with van der Waals surface area (Å²) in [6, 6.07) is 2.32. The normalized spacial score (nSPS) is 11.9. The molecule has 0 aliphatic carbocycles. The van der Waals surface area contributed by atoms with Crippen LogP contribution in [0.2, 0.25) is 0 Å². The lowest BCUT2D eigenvalue weighted by Gasteiger charge is -2.06. The number of nitrogens with two attached hydrogens (primary N) is 1. The summed E-state index contributed by atoms with van der Waals surface area (Å²) in [6.45, 7) is 5.78. The molecular formula is C10H15BrClNS. The van der Waals surface area contributed by atoms with Crippen molar-refractivity contribution in [2.75, 3.05) is 0 Å². The number of hydrogen-bond donors (Lipinski definition) is 1. The lowest BCUT2D eigenvalue weighted by atomic mass is 10.1. The molecule has 14 heavy (non-hydrogen) atoms. The van der Waals surface area contributed by atoms with Gasteiger partial charge in [0, 0.05) is 10.9 Å². The van der Waals surface area contributed by atoms with Crippen LogP contribution in [0, 0.1) is 6.92 Å². The first kappa shape index (κ1) is 14.2. The van der Waals surface area contributed by atoms with Crippen LogP contribution >= 0.6 is 39.7 Å². The third-order valence-electron chi connectivity index (χ3n) is 1.92. The summed E-state index contributed by atoms with van der Waals surface area (Å²) >= 11 is 5.23. The molecule has 0 aliphatic rings. The van der Waals surface area contributed by atoms with Crippen LogP contribution in [0.3, 0.4) is 0 Å². The molecule has 0 saturated carbocycles. The van der Waals surface area contributed by atoms with Crippen LogP contribution in [-0.2, 0) is 0 Å². The number of halogens is 2. The third kappa shape index (κ3) is 3.73. The van der Waals surface area contributed by atoms with E-state index in [2.05, 4.69) is 35.5 Å². The minimum absolute atomic E-state index is 0. The van der Waals surface area contributed by atoms with Crippen LogP contribution in [-0.4, -0.2) is 0 Å². The highest BCUT2D eigenvalue weighted by Gasteiger charge is 2.09. The van der Waals surface area contributed by atoms with Crippen LogP contribution < -0.4 is 5.73 Å². The van der Waals surface area contributed by atoms with Gasteiger partial charge in [0.1, 0.15) is 0 Å². The van der Waals surface area contributed by atoms with Gasteiger partial charge in [0.05, 0.1) is 3.79 Å². The van der Waals surface area contributed by atoms with Gasteiger partial charge in [0.2, 0.25) is 0 Å². The SMILES string of the molecule is C=CCC[C@@H](N)c1cc(C)c(Br)s1.Cl. The van der Waals surface area contributed by atoms with Crippen molar-refractivity contribution >= 4 is 39.7 Å². The van der Waals surface area contributed by atoms with Crippen molar-refractivity contribution in [1.29, 1.82) is 0 Å². The fourth-order valence-corrected chi connectivity index (χ4v) is 2.71. The Morgan fingerprint density at radius 2 is 2.36 bits per heavy atom. The summed E-state index contributed by atoms with van der Waals surface area (Å²) < 4.78 is 1.19. The number of thiophene rings is 1. The van der Waals surface area contributed by atoms with Crippen molar-refractivity contribution in [2.45, 2.75) is 25.8 Å². The number of rotatable bonds is 4. The summed E-state index contributed by atoms with van der Waals surface area (Å²) in [5.41, 5.74) is 7.28. The molecule has 0 aromatic carbocycles. The molecule has 1 atom stereocenters. The van der Waals surface area contributed by atoms with E-state index in [1.165, 1.54) is 14.2 Å². The molecular weight excluding hydrogens is 282 g/mol. The van der Waals surface area contributed by atoms with Gasteiger partial charge in [-0.25, -0.2) is 0 Å². The molecule has 0 saturated heterocycles. The maximum Gasteiger partial charge on any atom is 0.0731 e. The van der Waals surface area contributed by atoms with Crippen molar-refractivity contribution < 1.29 is 0 Å². The maximum absolute atomic E-state index is 6.01. The van der Waals surface area contributed by atoms with Gasteiger partial charge in [-0.05, 0) is 47.3 Å². The third-order valence-corrected chi connectivity index (χ3v) is 4.19. The minimum atomic E-state index is 0. The summed E-state index contributed by atoms with van der Waals surface area (Å²) in [4.78, 5) is 1.26. The van der Waals surface area contributed by atoms with E-state index in [1.807, 2.05) is 6.08 Å². The van der Waals surface area contributed by atoms with Gasteiger partial charge < -0.3 is 5.73 Å². The Morgan fingerprint density at radius 1 is 1.71 bits per heavy atom. The average molecular weight is 297 g/mol. The van der Waals surface area contributed by atoms with E-state index in [0.717, 1.165) is 12.8 Å². The molecule has 0 bridgehead atoms. The van der Waals surface area contributed by atoms with Gasteiger partial charge in [-0.1, -0.05) is 6.08 Å². The van der Waals surface area contributed by atoms with Gasteiger partial charge in [-0.15, -0.1) is 30.3 Å². The molecule has 80 valence electrons. The topological polar surface area (TPSA) is 26.0 Å². The molecule has 2 N–H and O–H groups in total. The molecule has 0 amide bonds. The van der Waals surface area contributed by atoms with Gasteiger partial charge >= 0.3 is 0 Å². The molecule has 0 spiro atoms. The van der Waals surface area contributed by atoms with Crippen molar-refractivity contribution in [1.82, 2.24) is 0 Å². The van der Waals surface area contributed by atoms with Gasteiger partial charge in [-0.2, -0.15) is 0 Å². The molecule has 1 heterocycles. The molecule has 4 heteroatoms. The Bertz CT molecular complexity index is 279. The second-order valence-corrected chi connectivity index (χ2v) is 5.48. The predicted octanol–water partition coefficient (Wildman–Crippen LogP) is 4.21. The highest BCUT2D eigenvalue weighted by molar-refractivity contribution is 9.11. The highest BCUT2D eigenvalue weighted by Crippen LogP contribution is 2.31. The first-order chi connectivity index (χ1) is 6.15. The van der Waals surface area contributed by atoms with Crippen molar-refractivity contribution in [3.63, 3.8) is 0 Å². The first-order valence-electron chi connectivity index (χ1n) is 4.27. The number of hydrogen-bond acceptors (Lipinski definition) is 2. The zero-order valence-corrected chi connectivity index (χ0v) is 11.3. The quantitative estimate of drug-likeness (QED) is 0.828. The largest absolute Gasteiger partial charge is 0.323 e. The minimum Gasteiger partial charge on any atom is -0.323 e. The first-order valence-corrected chi connectivity index (χ1v) is 5.88. The molecule has 1 rings (SSSR count). The predicted molar refractivity (Wildman–Crippen MR) is 70.4 cm³/mol. The monoisotopic (exact) mass is 295 g/mol. The molecule has 1 aromatic heterocycles. The Morgan fingerprint density at radius 3 is 2.79 bits per heavy atom. The molecule has 1 aromatic rings. The maximum atomic E-state index is 6.01. The van der Waals surface area contributed by atoms with Crippen molar-refractivity contribution in [2.24, 2.45) is 5.73 Å². The van der Waals surface area contributed by atoms with E-state index in [4.69, 9.17) is 5.73 Å². The Kier molecular flexibility index (Phi) is 6.70. The van der Waals surface area contributed by atoms with Gasteiger partial charge in [0.15, 0.2) is 0 Å². The second kappa shape index (κ2) is 6.62. The van der Waals surface area contributed by atoms with E-state index in [0.29, 0.717) is 0 Å². The zero-order valence-electron chi connectivity index (χ0n) is 8.13. The Labute approximate surface area is 104 Å². The fraction of sp³-hybridized carbons (Fsp3) is 0.400. The second-order valence-electron chi connectivity index (χ2n) is 3.08. The fourth-order valence-electron chi connectivity index (χ4n) is 1.11. The van der Waals surface area contributed by atoms with E-state index in [1.54, 1.807) is 11.3 Å². The Balaban J connectivity index is 0.00000169. The van der Waals surface area contributed by atoms with Gasteiger partial charge in [0.25, 0.3) is 0 Å². The van der Waals surface area contributed by atoms with Crippen LogP contribution in [0.4, 0.5) is 0 Å². The highest BCUT2D eigenvalue weighted by atomic mass is 79.9. The zero-order chi connectivity index (χ0) is 9.84. The lowest BCUT2D eigenvalue weighted by Crippen LogP contribution is -2.07. The number of aryl methyl sites for hydroxylation is 1. The Hall–Kier alpha value is 0.170. The smallest absolute Gasteiger partial charge is 0.0731 e. The standard InChI is InChI=1S/C10H14BrNS.ClH/c1-3-4-5-8(12)9-6-7(2)10(11)13-9;/h3,6,8H,1,4-5,12H2,2H3;1H/t8-;/m1./s1. The van der Waals surface area contributed by atoms with Crippen LogP contribution in [0.15, 0.2) is 22.5 Å². The van der Waals surface area contributed by atoms with E-state index in [-0.39, 0.29) is 18.4 Å². The lowest BCUT2D eigenvalue weighted by molar-refractivity contribution is 0.672. The molecule has 1 nitrogen and oxygen atoms in total.